The topological polar surface area (TPSA) is 53.2 Å². The summed E-state index contributed by atoms with van der Waals surface area (Å²) in [5, 5.41) is 9.19. The van der Waals surface area contributed by atoms with E-state index in [0.29, 0.717) is 24.1 Å². The third kappa shape index (κ3) is 2.57. The largest absolute Gasteiger partial charge is 0.384 e. The number of amides is 1. The predicted octanol–water partition coefficient (Wildman–Crippen LogP) is 2.69. The summed E-state index contributed by atoms with van der Waals surface area (Å²) in [6.07, 6.45) is 1.56. The summed E-state index contributed by atoms with van der Waals surface area (Å²) in [7, 11) is 0. The molecular formula is C18H18FN3O. The Morgan fingerprint density at radius 3 is 2.91 bits per heavy atom. The minimum atomic E-state index is -0.305. The van der Waals surface area contributed by atoms with Gasteiger partial charge in [-0.1, -0.05) is 6.07 Å². The molecule has 23 heavy (non-hydrogen) atoms. The Hall–Kier alpha value is -2.40. The highest BCUT2D eigenvalue weighted by Gasteiger charge is 2.19. The molecule has 1 amide bonds. The first-order valence-electron chi connectivity index (χ1n) is 7.91. The van der Waals surface area contributed by atoms with Crippen LogP contribution in [-0.2, 0) is 19.4 Å². The van der Waals surface area contributed by atoms with E-state index >= 15 is 0 Å². The minimum absolute atomic E-state index is 0.259. The smallest absolute Gasteiger partial charge is 0.255 e. The molecule has 0 saturated carbocycles. The first-order valence-corrected chi connectivity index (χ1v) is 7.91. The van der Waals surface area contributed by atoms with E-state index in [4.69, 9.17) is 0 Å². The second-order valence-corrected chi connectivity index (χ2v) is 5.99. The van der Waals surface area contributed by atoms with E-state index in [1.807, 2.05) is 18.2 Å². The van der Waals surface area contributed by atoms with Crippen LogP contribution in [0.3, 0.4) is 0 Å². The number of nitrogens with one attached hydrogen (secondary N) is 3. The van der Waals surface area contributed by atoms with Crippen molar-refractivity contribution in [3.63, 3.8) is 0 Å². The molecule has 118 valence electrons. The highest BCUT2D eigenvalue weighted by atomic mass is 19.1. The van der Waals surface area contributed by atoms with Gasteiger partial charge in [-0.05, 0) is 60.3 Å². The van der Waals surface area contributed by atoms with Crippen molar-refractivity contribution in [2.45, 2.75) is 19.4 Å². The highest BCUT2D eigenvalue weighted by Crippen LogP contribution is 2.26. The van der Waals surface area contributed by atoms with E-state index in [1.54, 1.807) is 12.1 Å². The van der Waals surface area contributed by atoms with E-state index in [-0.39, 0.29) is 17.4 Å². The van der Waals surface area contributed by atoms with Gasteiger partial charge in [-0.25, -0.2) is 4.39 Å². The number of anilines is 2. The van der Waals surface area contributed by atoms with Gasteiger partial charge < -0.3 is 16.0 Å². The number of halogens is 1. The first-order chi connectivity index (χ1) is 11.2. The zero-order valence-electron chi connectivity index (χ0n) is 12.7. The Balaban J connectivity index is 1.59. The van der Waals surface area contributed by atoms with Crippen LogP contribution in [-0.4, -0.2) is 19.0 Å². The van der Waals surface area contributed by atoms with Gasteiger partial charge in [0.15, 0.2) is 0 Å². The van der Waals surface area contributed by atoms with Crippen molar-refractivity contribution in [1.29, 1.82) is 0 Å². The molecule has 0 atom stereocenters. The lowest BCUT2D eigenvalue weighted by molar-refractivity contribution is 0.102. The summed E-state index contributed by atoms with van der Waals surface area (Å²) in [4.78, 5) is 12.4. The minimum Gasteiger partial charge on any atom is -0.384 e. The first kappa shape index (κ1) is 14.2. The van der Waals surface area contributed by atoms with Gasteiger partial charge in [-0.3, -0.25) is 4.79 Å². The molecule has 0 fully saturated rings. The molecule has 0 aliphatic carbocycles. The molecule has 2 aliphatic rings. The number of benzene rings is 2. The fourth-order valence-corrected chi connectivity index (χ4v) is 3.27. The predicted molar refractivity (Wildman–Crippen MR) is 88.4 cm³/mol. The fraction of sp³-hybridized carbons (Fsp3) is 0.278. The number of carbonyl (C=O) groups excluding carboxylic acids is 1. The van der Waals surface area contributed by atoms with Crippen molar-refractivity contribution < 1.29 is 9.18 Å². The third-order valence-electron chi connectivity index (χ3n) is 4.53. The van der Waals surface area contributed by atoms with Gasteiger partial charge in [0.2, 0.25) is 0 Å². The lowest BCUT2D eigenvalue weighted by atomic mass is 9.99. The van der Waals surface area contributed by atoms with Crippen molar-refractivity contribution in [2.75, 3.05) is 23.7 Å². The second kappa shape index (κ2) is 5.66. The van der Waals surface area contributed by atoms with Crippen molar-refractivity contribution in [2.24, 2.45) is 0 Å². The molecule has 2 aliphatic heterocycles. The Bertz CT molecular complexity index is 788. The summed E-state index contributed by atoms with van der Waals surface area (Å²) in [5.41, 5.74) is 4.71. The second-order valence-electron chi connectivity index (χ2n) is 5.99. The molecule has 4 rings (SSSR count). The molecule has 0 aromatic heterocycles. The van der Waals surface area contributed by atoms with Crippen molar-refractivity contribution >= 4 is 17.3 Å². The lowest BCUT2D eigenvalue weighted by Gasteiger charge is -2.19. The number of hydrogen-bond donors (Lipinski definition) is 3. The molecule has 0 radical (unpaired) electrons. The van der Waals surface area contributed by atoms with Crippen LogP contribution in [0.5, 0.6) is 0 Å². The average molecular weight is 311 g/mol. The van der Waals surface area contributed by atoms with Gasteiger partial charge in [0, 0.05) is 24.3 Å². The quantitative estimate of drug-likeness (QED) is 0.799. The standard InChI is InChI=1S/C18H18FN3O/c19-17-14-6-7-20-10-13(14)2-4-16(17)22-18(23)12-1-3-15-11(9-12)5-8-21-15/h1-4,9,20-21H,5-8,10H2,(H,22,23). The van der Waals surface area contributed by atoms with Crippen molar-refractivity contribution in [3.05, 3.63) is 58.4 Å². The normalized spacial score (nSPS) is 15.5. The van der Waals surface area contributed by atoms with Gasteiger partial charge in [-0.15, -0.1) is 0 Å². The summed E-state index contributed by atoms with van der Waals surface area (Å²) in [5.74, 6) is -0.576. The van der Waals surface area contributed by atoms with Crippen LogP contribution in [0.25, 0.3) is 0 Å². The summed E-state index contributed by atoms with van der Waals surface area (Å²) >= 11 is 0. The maximum Gasteiger partial charge on any atom is 0.255 e. The van der Waals surface area contributed by atoms with Gasteiger partial charge >= 0.3 is 0 Å². The molecule has 0 spiro atoms. The monoisotopic (exact) mass is 311 g/mol. The number of fused-ring (bicyclic) bond motifs is 2. The van der Waals surface area contributed by atoms with Gasteiger partial charge in [-0.2, -0.15) is 0 Å². The molecule has 0 unspecified atom stereocenters. The summed E-state index contributed by atoms with van der Waals surface area (Å²) < 4.78 is 14.6. The lowest BCUT2D eigenvalue weighted by Crippen LogP contribution is -2.25. The maximum absolute atomic E-state index is 14.6. The Morgan fingerprint density at radius 1 is 1.09 bits per heavy atom. The molecule has 2 aromatic rings. The van der Waals surface area contributed by atoms with Crippen molar-refractivity contribution in [3.8, 4) is 0 Å². The highest BCUT2D eigenvalue weighted by molar-refractivity contribution is 6.04. The number of rotatable bonds is 2. The Kier molecular flexibility index (Phi) is 3.50. The van der Waals surface area contributed by atoms with Crippen molar-refractivity contribution in [1.82, 2.24) is 5.32 Å². The van der Waals surface area contributed by atoms with E-state index in [1.165, 1.54) is 0 Å². The molecule has 3 N–H and O–H groups in total. The van der Waals surface area contributed by atoms with E-state index in [9.17, 15) is 9.18 Å². The molecule has 0 bridgehead atoms. The van der Waals surface area contributed by atoms with Gasteiger partial charge in [0.25, 0.3) is 5.91 Å². The van der Waals surface area contributed by atoms with Crippen LogP contribution >= 0.6 is 0 Å². The average Bonchev–Trinajstić information content (AvgIpc) is 3.05. The Labute approximate surface area is 134 Å². The Morgan fingerprint density at radius 2 is 2.00 bits per heavy atom. The molecule has 2 heterocycles. The fourth-order valence-electron chi connectivity index (χ4n) is 3.27. The summed E-state index contributed by atoms with van der Waals surface area (Å²) in [6.45, 7) is 2.34. The van der Waals surface area contributed by atoms with Crippen LogP contribution in [0.2, 0.25) is 0 Å². The van der Waals surface area contributed by atoms with Crippen LogP contribution < -0.4 is 16.0 Å². The SMILES string of the molecule is O=C(Nc1ccc2c(c1F)CCNC2)c1ccc2c(c1)CCN2. The molecule has 5 heteroatoms. The van der Waals surface area contributed by atoms with Gasteiger partial charge in [0.05, 0.1) is 5.69 Å². The zero-order chi connectivity index (χ0) is 15.8. The molecule has 2 aromatic carbocycles. The van der Waals surface area contributed by atoms with Crippen LogP contribution in [0.1, 0.15) is 27.0 Å². The van der Waals surface area contributed by atoms with E-state index < -0.39 is 0 Å². The summed E-state index contributed by atoms with van der Waals surface area (Å²) in [6, 6.07) is 9.09. The number of hydrogen-bond acceptors (Lipinski definition) is 3. The van der Waals surface area contributed by atoms with E-state index in [2.05, 4.69) is 16.0 Å². The van der Waals surface area contributed by atoms with Crippen LogP contribution in [0.15, 0.2) is 30.3 Å². The van der Waals surface area contributed by atoms with E-state index in [0.717, 1.165) is 36.3 Å². The zero-order valence-corrected chi connectivity index (χ0v) is 12.7. The molecule has 0 saturated heterocycles. The van der Waals surface area contributed by atoms with Crippen LogP contribution in [0, 0.1) is 5.82 Å². The third-order valence-corrected chi connectivity index (χ3v) is 4.53. The number of carbonyl (C=O) groups is 1. The molecule has 4 nitrogen and oxygen atoms in total. The van der Waals surface area contributed by atoms with Gasteiger partial charge in [0.1, 0.15) is 5.82 Å². The van der Waals surface area contributed by atoms with Crippen LogP contribution in [0.4, 0.5) is 15.8 Å². The maximum atomic E-state index is 14.6. The molecular weight excluding hydrogens is 293 g/mol.